The van der Waals surface area contributed by atoms with E-state index in [1.807, 2.05) is 62.4 Å². The third-order valence-corrected chi connectivity index (χ3v) is 4.97. The Morgan fingerprint density at radius 3 is 2.38 bits per heavy atom. The molecule has 0 aromatic heterocycles. The minimum atomic E-state index is -0.491. The lowest BCUT2D eigenvalue weighted by molar-refractivity contribution is 0.203. The third-order valence-electron chi connectivity index (χ3n) is 2.87. The highest BCUT2D eigenvalue weighted by atomic mass is 79.9. The van der Waals surface area contributed by atoms with E-state index in [1.165, 1.54) is 0 Å². The monoisotopic (exact) mass is 366 g/mol. The number of halogens is 1. The maximum atomic E-state index is 10.3. The average molecular weight is 367 g/mol. The summed E-state index contributed by atoms with van der Waals surface area (Å²) in [7, 11) is 0. The summed E-state index contributed by atoms with van der Waals surface area (Å²) in [5, 5.41) is 10.3. The maximum Gasteiger partial charge on any atom is 0.119 e. The zero-order valence-electron chi connectivity index (χ0n) is 12.1. The molecule has 0 fully saturated rings. The van der Waals surface area contributed by atoms with Crippen molar-refractivity contribution < 1.29 is 9.84 Å². The topological polar surface area (TPSA) is 29.5 Å². The molecule has 0 aliphatic heterocycles. The predicted octanol–water partition coefficient (Wildman–Crippen LogP) is 5.06. The number of hydrogen-bond donors (Lipinski definition) is 1. The summed E-state index contributed by atoms with van der Waals surface area (Å²) in [5.41, 5.74) is 0.908. The van der Waals surface area contributed by atoms with Crippen molar-refractivity contribution in [2.75, 3.05) is 5.75 Å². The average Bonchev–Trinajstić information content (AvgIpc) is 2.46. The van der Waals surface area contributed by atoms with Crippen molar-refractivity contribution in [2.24, 2.45) is 0 Å². The number of ether oxygens (including phenoxy) is 1. The smallest absolute Gasteiger partial charge is 0.119 e. The molecular formula is C17H19BrO2S. The van der Waals surface area contributed by atoms with Gasteiger partial charge < -0.3 is 9.84 Å². The summed E-state index contributed by atoms with van der Waals surface area (Å²) in [5.74, 6) is 1.45. The van der Waals surface area contributed by atoms with Crippen molar-refractivity contribution in [2.45, 2.75) is 31.0 Å². The van der Waals surface area contributed by atoms with E-state index in [2.05, 4.69) is 15.9 Å². The van der Waals surface area contributed by atoms with E-state index < -0.39 is 6.10 Å². The molecule has 0 amide bonds. The highest BCUT2D eigenvalue weighted by Crippen LogP contribution is 2.30. The summed E-state index contributed by atoms with van der Waals surface area (Å²) in [6, 6.07) is 15.7. The van der Waals surface area contributed by atoms with Gasteiger partial charge >= 0.3 is 0 Å². The van der Waals surface area contributed by atoms with Crippen LogP contribution in [0.2, 0.25) is 0 Å². The van der Waals surface area contributed by atoms with Gasteiger partial charge in [-0.3, -0.25) is 0 Å². The van der Waals surface area contributed by atoms with E-state index in [0.717, 1.165) is 20.7 Å². The summed E-state index contributed by atoms with van der Waals surface area (Å²) >= 11 is 5.15. The van der Waals surface area contributed by atoms with Crippen LogP contribution in [0, 0.1) is 0 Å². The van der Waals surface area contributed by atoms with Crippen LogP contribution in [0.3, 0.4) is 0 Å². The van der Waals surface area contributed by atoms with Crippen LogP contribution in [0.5, 0.6) is 5.75 Å². The van der Waals surface area contributed by atoms with Gasteiger partial charge in [-0.2, -0.15) is 0 Å². The Kier molecular flexibility index (Phi) is 6.15. The molecule has 2 aromatic rings. The van der Waals surface area contributed by atoms with Crippen LogP contribution < -0.4 is 4.74 Å². The summed E-state index contributed by atoms with van der Waals surface area (Å²) in [6.07, 6.45) is -0.332. The van der Waals surface area contributed by atoms with Gasteiger partial charge in [0.2, 0.25) is 0 Å². The normalized spacial score (nSPS) is 12.4. The highest BCUT2D eigenvalue weighted by molar-refractivity contribution is 9.10. The quantitative estimate of drug-likeness (QED) is 0.724. The largest absolute Gasteiger partial charge is 0.491 e. The summed E-state index contributed by atoms with van der Waals surface area (Å²) in [6.45, 7) is 3.99. The Morgan fingerprint density at radius 2 is 1.76 bits per heavy atom. The molecule has 21 heavy (non-hydrogen) atoms. The van der Waals surface area contributed by atoms with Gasteiger partial charge in [-0.1, -0.05) is 24.3 Å². The van der Waals surface area contributed by atoms with Gasteiger partial charge in [-0.25, -0.2) is 0 Å². The molecule has 0 aliphatic rings. The van der Waals surface area contributed by atoms with Crippen molar-refractivity contribution in [1.29, 1.82) is 0 Å². The molecule has 0 spiro atoms. The Balaban J connectivity index is 1.94. The van der Waals surface area contributed by atoms with Crippen molar-refractivity contribution in [1.82, 2.24) is 0 Å². The molecule has 2 rings (SSSR count). The molecule has 112 valence electrons. The summed E-state index contributed by atoms with van der Waals surface area (Å²) < 4.78 is 6.66. The number of rotatable bonds is 6. The lowest BCUT2D eigenvalue weighted by Gasteiger charge is -2.13. The van der Waals surface area contributed by atoms with Crippen LogP contribution in [-0.2, 0) is 0 Å². The number of hydrogen-bond acceptors (Lipinski definition) is 3. The fraction of sp³-hybridized carbons (Fsp3) is 0.294. The Bertz CT molecular complexity index is 569. The lowest BCUT2D eigenvalue weighted by atomic mass is 10.1. The fourth-order valence-electron chi connectivity index (χ4n) is 1.87. The van der Waals surface area contributed by atoms with E-state index in [4.69, 9.17) is 4.74 Å². The van der Waals surface area contributed by atoms with Crippen molar-refractivity contribution in [3.63, 3.8) is 0 Å². The first-order valence-corrected chi connectivity index (χ1v) is 8.66. The fourth-order valence-corrected chi connectivity index (χ4v) is 3.41. The van der Waals surface area contributed by atoms with Crippen molar-refractivity contribution in [3.05, 3.63) is 58.6 Å². The predicted molar refractivity (Wildman–Crippen MR) is 92.0 cm³/mol. The molecule has 0 aliphatic carbocycles. The molecule has 1 N–H and O–H groups in total. The van der Waals surface area contributed by atoms with E-state index in [-0.39, 0.29) is 6.10 Å². The molecular weight excluding hydrogens is 348 g/mol. The molecule has 2 nitrogen and oxygen atoms in total. The molecule has 0 heterocycles. The van der Waals surface area contributed by atoms with Crippen molar-refractivity contribution >= 4 is 27.7 Å². The standard InChI is InChI=1S/C17H19BrO2S/c1-12(2)20-14-9-7-13(8-10-14)16(19)11-21-17-6-4-3-5-15(17)18/h3-10,12,16,19H,11H2,1-2H3. The number of thioether (sulfide) groups is 1. The first kappa shape index (κ1) is 16.4. The molecule has 0 bridgehead atoms. The van der Waals surface area contributed by atoms with Gasteiger partial charge in [0.1, 0.15) is 5.75 Å². The van der Waals surface area contributed by atoms with Gasteiger partial charge in [0, 0.05) is 15.1 Å². The molecule has 0 saturated heterocycles. The molecule has 1 atom stereocenters. The molecule has 4 heteroatoms. The second-order valence-corrected chi connectivity index (χ2v) is 6.91. The maximum absolute atomic E-state index is 10.3. The molecule has 0 radical (unpaired) electrons. The Hall–Kier alpha value is -0.970. The van der Waals surface area contributed by atoms with Crippen LogP contribution >= 0.6 is 27.7 Å². The van der Waals surface area contributed by atoms with Gasteiger partial charge in [0.15, 0.2) is 0 Å². The van der Waals surface area contributed by atoms with Gasteiger partial charge in [0.25, 0.3) is 0 Å². The van der Waals surface area contributed by atoms with Crippen LogP contribution in [0.15, 0.2) is 57.9 Å². The van der Waals surface area contributed by atoms with E-state index in [9.17, 15) is 5.11 Å². The first-order valence-electron chi connectivity index (χ1n) is 6.88. The van der Waals surface area contributed by atoms with Crippen LogP contribution in [0.4, 0.5) is 0 Å². The SMILES string of the molecule is CC(C)Oc1ccc(C(O)CSc2ccccc2Br)cc1. The van der Waals surface area contributed by atoms with Crippen LogP contribution in [0.1, 0.15) is 25.5 Å². The van der Waals surface area contributed by atoms with Crippen LogP contribution in [0.25, 0.3) is 0 Å². The third kappa shape index (κ3) is 5.06. The minimum absolute atomic E-state index is 0.159. The molecule has 0 saturated carbocycles. The number of aliphatic hydroxyl groups is 1. The molecule has 1 unspecified atom stereocenters. The van der Waals surface area contributed by atoms with E-state index >= 15 is 0 Å². The lowest BCUT2D eigenvalue weighted by Crippen LogP contribution is -2.06. The van der Waals surface area contributed by atoms with Crippen molar-refractivity contribution in [3.8, 4) is 5.75 Å². The first-order chi connectivity index (χ1) is 10.1. The highest BCUT2D eigenvalue weighted by Gasteiger charge is 2.10. The van der Waals surface area contributed by atoms with E-state index in [0.29, 0.717) is 5.75 Å². The van der Waals surface area contributed by atoms with E-state index in [1.54, 1.807) is 11.8 Å². The van der Waals surface area contributed by atoms with Crippen LogP contribution in [-0.4, -0.2) is 17.0 Å². The Morgan fingerprint density at radius 1 is 1.10 bits per heavy atom. The zero-order valence-corrected chi connectivity index (χ0v) is 14.5. The number of aliphatic hydroxyl groups excluding tert-OH is 1. The number of benzene rings is 2. The molecule has 2 aromatic carbocycles. The van der Waals surface area contributed by atoms with Gasteiger partial charge in [0.05, 0.1) is 12.2 Å². The second kappa shape index (κ2) is 7.87. The zero-order chi connectivity index (χ0) is 15.2. The minimum Gasteiger partial charge on any atom is -0.491 e. The summed E-state index contributed by atoms with van der Waals surface area (Å²) in [4.78, 5) is 1.14. The van der Waals surface area contributed by atoms with Gasteiger partial charge in [-0.05, 0) is 59.6 Å². The second-order valence-electron chi connectivity index (χ2n) is 4.99. The van der Waals surface area contributed by atoms with Gasteiger partial charge in [-0.15, -0.1) is 11.8 Å². The Labute approximate surface area is 138 Å².